The van der Waals surface area contributed by atoms with E-state index in [1.165, 1.54) is 5.56 Å². The fourth-order valence-electron chi connectivity index (χ4n) is 4.90. The van der Waals surface area contributed by atoms with Gasteiger partial charge in [-0.1, -0.05) is 31.0 Å². The van der Waals surface area contributed by atoms with Crippen LogP contribution in [-0.4, -0.2) is 79.7 Å². The molecule has 1 atom stereocenters. The molecular formula is C22H34N4O3S. The maximum absolute atomic E-state index is 13.3. The predicted octanol–water partition coefficient (Wildman–Crippen LogP) is 2.09. The lowest BCUT2D eigenvalue weighted by molar-refractivity contribution is -0.123. The average molecular weight is 435 g/mol. The van der Waals surface area contributed by atoms with Crippen LogP contribution >= 0.6 is 0 Å². The van der Waals surface area contributed by atoms with Gasteiger partial charge in [-0.3, -0.25) is 9.69 Å². The van der Waals surface area contributed by atoms with Crippen LogP contribution in [0.4, 0.5) is 5.69 Å². The number of hydrogen-bond donors (Lipinski definition) is 0. The molecule has 0 aromatic heterocycles. The summed E-state index contributed by atoms with van der Waals surface area (Å²) < 4.78 is 29.4. The summed E-state index contributed by atoms with van der Waals surface area (Å²) in [5.41, 5.74) is 2.26. The third-order valence-electron chi connectivity index (χ3n) is 6.77. The highest BCUT2D eigenvalue weighted by Gasteiger charge is 2.36. The molecule has 0 spiro atoms. The standard InChI is InChI=1S/C22H34N4O3S/c1-19(22(27)26-14-8-10-20-9-4-5-11-21(20)26)23-15-17-25(18-16-23)30(28,29)24-12-6-2-3-7-13-24/h4-5,9,11,19H,2-3,6-8,10,12-18H2,1H3/t19-/m1/s1. The number of anilines is 1. The zero-order chi connectivity index (χ0) is 21.1. The SMILES string of the molecule is C[C@H](C(=O)N1CCCc2ccccc21)N1CCN(S(=O)(=O)N2CCCCCC2)CC1. The smallest absolute Gasteiger partial charge is 0.282 e. The van der Waals surface area contributed by atoms with E-state index in [9.17, 15) is 13.2 Å². The molecule has 1 aromatic rings. The molecule has 0 bridgehead atoms. The summed E-state index contributed by atoms with van der Waals surface area (Å²) in [7, 11) is -3.39. The van der Waals surface area contributed by atoms with E-state index in [2.05, 4.69) is 11.0 Å². The van der Waals surface area contributed by atoms with E-state index < -0.39 is 10.2 Å². The minimum Gasteiger partial charge on any atom is -0.311 e. The Hall–Kier alpha value is -1.48. The second-order valence-electron chi connectivity index (χ2n) is 8.65. The highest BCUT2D eigenvalue weighted by molar-refractivity contribution is 7.86. The lowest BCUT2D eigenvalue weighted by Gasteiger charge is -2.40. The quantitative estimate of drug-likeness (QED) is 0.728. The molecule has 7 nitrogen and oxygen atoms in total. The summed E-state index contributed by atoms with van der Waals surface area (Å²) in [6, 6.07) is 7.90. The van der Waals surface area contributed by atoms with Gasteiger partial charge in [0.2, 0.25) is 5.91 Å². The van der Waals surface area contributed by atoms with Crippen LogP contribution in [0.2, 0.25) is 0 Å². The van der Waals surface area contributed by atoms with Crippen LogP contribution in [0.25, 0.3) is 0 Å². The number of aryl methyl sites for hydroxylation is 1. The van der Waals surface area contributed by atoms with Gasteiger partial charge in [-0.25, -0.2) is 0 Å². The summed E-state index contributed by atoms with van der Waals surface area (Å²) >= 11 is 0. The first kappa shape index (κ1) is 21.7. The van der Waals surface area contributed by atoms with Gasteiger partial charge >= 0.3 is 0 Å². The molecule has 8 heteroatoms. The molecule has 3 heterocycles. The number of para-hydroxylation sites is 1. The number of amides is 1. The van der Waals surface area contributed by atoms with Crippen molar-refractivity contribution in [3.8, 4) is 0 Å². The van der Waals surface area contributed by atoms with Crippen LogP contribution in [0.1, 0.15) is 44.6 Å². The van der Waals surface area contributed by atoms with E-state index in [0.717, 1.165) is 50.8 Å². The van der Waals surface area contributed by atoms with Gasteiger partial charge in [0, 0.05) is 51.5 Å². The molecule has 1 aromatic carbocycles. The van der Waals surface area contributed by atoms with Gasteiger partial charge in [-0.2, -0.15) is 17.0 Å². The molecule has 2 saturated heterocycles. The molecule has 3 aliphatic heterocycles. The van der Waals surface area contributed by atoms with Crippen molar-refractivity contribution in [3.63, 3.8) is 0 Å². The highest BCUT2D eigenvalue weighted by atomic mass is 32.2. The molecule has 0 N–H and O–H groups in total. The highest BCUT2D eigenvalue weighted by Crippen LogP contribution is 2.28. The van der Waals surface area contributed by atoms with Gasteiger partial charge in [0.15, 0.2) is 0 Å². The van der Waals surface area contributed by atoms with E-state index in [4.69, 9.17) is 0 Å². The largest absolute Gasteiger partial charge is 0.311 e. The molecule has 30 heavy (non-hydrogen) atoms. The van der Waals surface area contributed by atoms with Crippen LogP contribution < -0.4 is 4.90 Å². The van der Waals surface area contributed by atoms with Crippen molar-refractivity contribution in [1.82, 2.24) is 13.5 Å². The van der Waals surface area contributed by atoms with Crippen LogP contribution in [0.3, 0.4) is 0 Å². The maximum Gasteiger partial charge on any atom is 0.282 e. The lowest BCUT2D eigenvalue weighted by Crippen LogP contribution is -2.57. The second kappa shape index (κ2) is 9.34. The van der Waals surface area contributed by atoms with Crippen molar-refractivity contribution in [1.29, 1.82) is 0 Å². The Kier molecular flexibility index (Phi) is 6.77. The summed E-state index contributed by atoms with van der Waals surface area (Å²) in [6.45, 7) is 6.06. The van der Waals surface area contributed by atoms with Gasteiger partial charge in [-0.05, 0) is 44.2 Å². The normalized spacial score (nSPS) is 23.6. The first-order valence-corrected chi connectivity index (χ1v) is 12.8. The van der Waals surface area contributed by atoms with Crippen molar-refractivity contribution in [2.24, 2.45) is 0 Å². The molecule has 0 aliphatic carbocycles. The van der Waals surface area contributed by atoms with E-state index in [-0.39, 0.29) is 11.9 Å². The average Bonchev–Trinajstić information content (AvgIpc) is 3.08. The summed E-state index contributed by atoms with van der Waals surface area (Å²) in [4.78, 5) is 17.3. The Labute approximate surface area is 180 Å². The topological polar surface area (TPSA) is 64.2 Å². The summed E-state index contributed by atoms with van der Waals surface area (Å²) in [5.74, 6) is 0.117. The van der Waals surface area contributed by atoms with Gasteiger partial charge in [0.05, 0.1) is 6.04 Å². The molecule has 1 amide bonds. The number of fused-ring (bicyclic) bond motifs is 1. The molecule has 2 fully saturated rings. The van der Waals surface area contributed by atoms with Crippen molar-refractivity contribution < 1.29 is 13.2 Å². The van der Waals surface area contributed by atoms with Crippen LogP contribution in [0, 0.1) is 0 Å². The second-order valence-corrected chi connectivity index (χ2v) is 10.6. The molecule has 3 aliphatic rings. The Morgan fingerprint density at radius 2 is 1.47 bits per heavy atom. The Balaban J connectivity index is 1.38. The third-order valence-corrected chi connectivity index (χ3v) is 8.81. The zero-order valence-electron chi connectivity index (χ0n) is 18.0. The summed E-state index contributed by atoms with van der Waals surface area (Å²) in [6.07, 6.45) is 6.11. The van der Waals surface area contributed by atoms with Crippen molar-refractivity contribution in [3.05, 3.63) is 29.8 Å². The molecule has 4 rings (SSSR count). The predicted molar refractivity (Wildman–Crippen MR) is 119 cm³/mol. The van der Waals surface area contributed by atoms with Gasteiger partial charge in [-0.15, -0.1) is 0 Å². The molecule has 0 unspecified atom stereocenters. The van der Waals surface area contributed by atoms with Gasteiger partial charge < -0.3 is 4.90 Å². The van der Waals surface area contributed by atoms with Crippen LogP contribution in [0.5, 0.6) is 0 Å². The van der Waals surface area contributed by atoms with Gasteiger partial charge in [0.25, 0.3) is 10.2 Å². The van der Waals surface area contributed by atoms with Crippen molar-refractivity contribution >= 4 is 21.8 Å². The number of carbonyl (C=O) groups excluding carboxylic acids is 1. The van der Waals surface area contributed by atoms with E-state index >= 15 is 0 Å². The third kappa shape index (κ3) is 4.42. The van der Waals surface area contributed by atoms with Crippen LogP contribution in [0.15, 0.2) is 24.3 Å². The number of hydrogen-bond acceptors (Lipinski definition) is 4. The van der Waals surface area contributed by atoms with Crippen molar-refractivity contribution in [2.45, 2.75) is 51.5 Å². The van der Waals surface area contributed by atoms with Crippen LogP contribution in [-0.2, 0) is 21.4 Å². The number of carbonyl (C=O) groups is 1. The maximum atomic E-state index is 13.3. The Morgan fingerprint density at radius 3 is 2.17 bits per heavy atom. The zero-order valence-corrected chi connectivity index (χ0v) is 18.8. The van der Waals surface area contributed by atoms with E-state index in [1.54, 1.807) is 8.61 Å². The number of rotatable bonds is 4. The monoisotopic (exact) mass is 434 g/mol. The first-order valence-electron chi connectivity index (χ1n) is 11.4. The lowest BCUT2D eigenvalue weighted by atomic mass is 10.0. The molecule has 166 valence electrons. The first-order chi connectivity index (χ1) is 14.5. The fraction of sp³-hybridized carbons (Fsp3) is 0.682. The minimum atomic E-state index is -3.39. The Bertz CT molecular complexity index is 844. The molecular weight excluding hydrogens is 400 g/mol. The molecule has 0 radical (unpaired) electrons. The summed E-state index contributed by atoms with van der Waals surface area (Å²) in [5, 5.41) is 0. The van der Waals surface area contributed by atoms with Gasteiger partial charge in [0.1, 0.15) is 0 Å². The fourth-order valence-corrected chi connectivity index (χ4v) is 6.57. The van der Waals surface area contributed by atoms with E-state index in [1.807, 2.05) is 30.0 Å². The number of nitrogens with zero attached hydrogens (tertiary/aromatic N) is 4. The Morgan fingerprint density at radius 1 is 0.833 bits per heavy atom. The molecule has 0 saturated carbocycles. The number of benzene rings is 1. The van der Waals surface area contributed by atoms with Crippen molar-refractivity contribution in [2.75, 3.05) is 50.7 Å². The van der Waals surface area contributed by atoms with E-state index in [0.29, 0.717) is 39.3 Å². The minimum absolute atomic E-state index is 0.117. The number of piperazine rings is 1.